The fourth-order valence-corrected chi connectivity index (χ4v) is 1.98. The summed E-state index contributed by atoms with van der Waals surface area (Å²) in [6, 6.07) is 8.58. The number of aromatic carboxylic acids is 1. The highest BCUT2D eigenvalue weighted by molar-refractivity contribution is 7.99. The molecular formula is C12H10N2O3S. The van der Waals surface area contributed by atoms with Crippen molar-refractivity contribution in [3.05, 3.63) is 42.1 Å². The van der Waals surface area contributed by atoms with Crippen molar-refractivity contribution < 1.29 is 14.6 Å². The summed E-state index contributed by atoms with van der Waals surface area (Å²) in [6.07, 6.45) is 1.32. The SMILES string of the molecule is COc1cccc(Sc2ccc(C(=O)O)cn2)n1. The quantitative estimate of drug-likeness (QED) is 0.911. The van der Waals surface area contributed by atoms with E-state index in [9.17, 15) is 4.79 Å². The Morgan fingerprint density at radius 2 is 2.11 bits per heavy atom. The van der Waals surface area contributed by atoms with Crippen molar-refractivity contribution in [2.75, 3.05) is 7.11 Å². The summed E-state index contributed by atoms with van der Waals surface area (Å²) >= 11 is 1.34. The molecule has 0 bridgehead atoms. The lowest BCUT2D eigenvalue weighted by Gasteiger charge is -2.02. The molecule has 0 spiro atoms. The topological polar surface area (TPSA) is 72.3 Å². The molecule has 2 heterocycles. The molecule has 0 saturated heterocycles. The monoisotopic (exact) mass is 262 g/mol. The first-order valence-corrected chi connectivity index (χ1v) is 5.89. The van der Waals surface area contributed by atoms with Crippen LogP contribution in [0.3, 0.4) is 0 Å². The van der Waals surface area contributed by atoms with Crippen LogP contribution >= 0.6 is 11.8 Å². The van der Waals surface area contributed by atoms with Crippen molar-refractivity contribution in [1.82, 2.24) is 9.97 Å². The minimum Gasteiger partial charge on any atom is -0.481 e. The van der Waals surface area contributed by atoms with E-state index in [1.54, 1.807) is 19.2 Å². The molecule has 2 aromatic rings. The minimum atomic E-state index is -0.987. The number of aromatic nitrogens is 2. The van der Waals surface area contributed by atoms with Crippen molar-refractivity contribution in [3.8, 4) is 5.88 Å². The molecule has 0 aliphatic heterocycles. The number of carboxylic acids is 1. The molecule has 0 saturated carbocycles. The number of hydrogen-bond acceptors (Lipinski definition) is 5. The van der Waals surface area contributed by atoms with E-state index in [0.29, 0.717) is 10.9 Å². The Bertz CT molecular complexity index is 558. The highest BCUT2D eigenvalue weighted by Gasteiger charge is 2.05. The van der Waals surface area contributed by atoms with Gasteiger partial charge in [-0.1, -0.05) is 6.07 Å². The van der Waals surface area contributed by atoms with Crippen molar-refractivity contribution in [2.45, 2.75) is 10.1 Å². The zero-order valence-corrected chi connectivity index (χ0v) is 10.3. The maximum atomic E-state index is 10.7. The fraction of sp³-hybridized carbons (Fsp3) is 0.0833. The van der Waals surface area contributed by atoms with Crippen LogP contribution in [-0.4, -0.2) is 28.2 Å². The summed E-state index contributed by atoms with van der Waals surface area (Å²) in [5, 5.41) is 10.2. The standard InChI is InChI=1S/C12H10N2O3S/c1-17-9-3-2-4-11(14-9)18-10-6-5-8(7-13-10)12(15)16/h2-7H,1H3,(H,15,16). The van der Waals surface area contributed by atoms with Gasteiger partial charge in [0.05, 0.1) is 12.7 Å². The minimum absolute atomic E-state index is 0.165. The van der Waals surface area contributed by atoms with Crippen molar-refractivity contribution in [1.29, 1.82) is 0 Å². The van der Waals surface area contributed by atoms with Gasteiger partial charge in [0.25, 0.3) is 0 Å². The largest absolute Gasteiger partial charge is 0.481 e. The second kappa shape index (κ2) is 5.50. The van der Waals surface area contributed by atoms with Crippen LogP contribution < -0.4 is 4.74 Å². The highest BCUT2D eigenvalue weighted by Crippen LogP contribution is 2.25. The number of rotatable bonds is 4. The molecule has 0 fully saturated rings. The molecule has 0 aliphatic rings. The van der Waals surface area contributed by atoms with E-state index in [4.69, 9.17) is 9.84 Å². The first-order valence-electron chi connectivity index (χ1n) is 5.07. The van der Waals surface area contributed by atoms with Crippen LogP contribution in [0.25, 0.3) is 0 Å². The third-order valence-corrected chi connectivity index (χ3v) is 2.99. The fourth-order valence-electron chi connectivity index (χ4n) is 1.24. The van der Waals surface area contributed by atoms with Gasteiger partial charge in [-0.15, -0.1) is 0 Å². The Kier molecular flexibility index (Phi) is 3.78. The van der Waals surface area contributed by atoms with Crippen LogP contribution in [0.15, 0.2) is 46.6 Å². The second-order valence-electron chi connectivity index (χ2n) is 3.31. The van der Waals surface area contributed by atoms with Gasteiger partial charge in [0, 0.05) is 12.3 Å². The molecule has 6 heteroatoms. The lowest BCUT2D eigenvalue weighted by Crippen LogP contribution is -1.96. The van der Waals surface area contributed by atoms with Gasteiger partial charge >= 0.3 is 5.97 Å². The maximum absolute atomic E-state index is 10.7. The van der Waals surface area contributed by atoms with E-state index in [1.807, 2.05) is 12.1 Å². The normalized spacial score (nSPS) is 10.1. The Labute approximate surface area is 108 Å². The van der Waals surface area contributed by atoms with Crippen LogP contribution in [0.1, 0.15) is 10.4 Å². The molecule has 5 nitrogen and oxygen atoms in total. The van der Waals surface area contributed by atoms with E-state index < -0.39 is 5.97 Å². The van der Waals surface area contributed by atoms with Crippen LogP contribution in [0, 0.1) is 0 Å². The van der Waals surface area contributed by atoms with Crippen molar-refractivity contribution >= 4 is 17.7 Å². The third kappa shape index (κ3) is 2.98. The highest BCUT2D eigenvalue weighted by atomic mass is 32.2. The molecule has 1 N–H and O–H groups in total. The lowest BCUT2D eigenvalue weighted by molar-refractivity contribution is 0.0696. The molecule has 0 aromatic carbocycles. The predicted octanol–water partition coefficient (Wildman–Crippen LogP) is 2.33. The van der Waals surface area contributed by atoms with E-state index in [2.05, 4.69) is 9.97 Å². The van der Waals surface area contributed by atoms with Crippen molar-refractivity contribution in [2.24, 2.45) is 0 Å². The van der Waals surface area contributed by atoms with Gasteiger partial charge < -0.3 is 9.84 Å². The van der Waals surface area contributed by atoms with E-state index in [1.165, 1.54) is 24.0 Å². The van der Waals surface area contributed by atoms with Gasteiger partial charge in [0.2, 0.25) is 5.88 Å². The van der Waals surface area contributed by atoms with Crippen LogP contribution in [0.2, 0.25) is 0 Å². The van der Waals surface area contributed by atoms with Gasteiger partial charge in [-0.25, -0.2) is 14.8 Å². The number of hydrogen-bond donors (Lipinski definition) is 1. The average molecular weight is 262 g/mol. The Hall–Kier alpha value is -2.08. The number of pyridine rings is 2. The number of ether oxygens (including phenoxy) is 1. The van der Waals surface area contributed by atoms with Crippen molar-refractivity contribution in [3.63, 3.8) is 0 Å². The van der Waals surface area contributed by atoms with E-state index >= 15 is 0 Å². The Morgan fingerprint density at radius 1 is 1.28 bits per heavy atom. The summed E-state index contributed by atoms with van der Waals surface area (Å²) in [5.41, 5.74) is 0.165. The summed E-state index contributed by atoms with van der Waals surface area (Å²) in [4.78, 5) is 19.0. The first-order chi connectivity index (χ1) is 8.69. The van der Waals surface area contributed by atoms with Gasteiger partial charge in [-0.05, 0) is 30.0 Å². The molecule has 0 amide bonds. The maximum Gasteiger partial charge on any atom is 0.337 e. The first kappa shape index (κ1) is 12.4. The molecule has 0 unspecified atom stereocenters. The van der Waals surface area contributed by atoms with Crippen LogP contribution in [-0.2, 0) is 0 Å². The molecular weight excluding hydrogens is 252 g/mol. The Balaban J connectivity index is 2.15. The zero-order valence-electron chi connectivity index (χ0n) is 9.53. The summed E-state index contributed by atoms with van der Waals surface area (Å²) in [7, 11) is 1.55. The second-order valence-corrected chi connectivity index (χ2v) is 4.35. The van der Waals surface area contributed by atoms with Gasteiger partial charge in [0.15, 0.2) is 0 Å². The molecule has 92 valence electrons. The van der Waals surface area contributed by atoms with E-state index in [-0.39, 0.29) is 5.56 Å². The number of nitrogens with zero attached hydrogens (tertiary/aromatic N) is 2. The third-order valence-electron chi connectivity index (χ3n) is 2.10. The molecule has 0 aliphatic carbocycles. The predicted molar refractivity (Wildman–Crippen MR) is 66.1 cm³/mol. The molecule has 2 rings (SSSR count). The number of carboxylic acid groups (broad SMARTS) is 1. The lowest BCUT2D eigenvalue weighted by atomic mass is 10.3. The number of methoxy groups -OCH3 is 1. The Morgan fingerprint density at radius 3 is 2.72 bits per heavy atom. The van der Waals surface area contributed by atoms with Crippen LogP contribution in [0.5, 0.6) is 5.88 Å². The van der Waals surface area contributed by atoms with Crippen LogP contribution in [0.4, 0.5) is 0 Å². The van der Waals surface area contributed by atoms with Gasteiger partial charge in [-0.2, -0.15) is 0 Å². The smallest absolute Gasteiger partial charge is 0.337 e. The molecule has 0 radical (unpaired) electrons. The average Bonchev–Trinajstić information content (AvgIpc) is 2.39. The summed E-state index contributed by atoms with van der Waals surface area (Å²) in [6.45, 7) is 0. The van der Waals surface area contributed by atoms with Gasteiger partial charge in [0.1, 0.15) is 10.1 Å². The van der Waals surface area contributed by atoms with E-state index in [0.717, 1.165) is 5.03 Å². The summed E-state index contributed by atoms with van der Waals surface area (Å²) < 4.78 is 5.02. The molecule has 0 atom stereocenters. The van der Waals surface area contributed by atoms with Gasteiger partial charge in [-0.3, -0.25) is 0 Å². The number of carbonyl (C=O) groups is 1. The molecule has 2 aromatic heterocycles. The molecule has 18 heavy (non-hydrogen) atoms. The zero-order chi connectivity index (χ0) is 13.0. The summed E-state index contributed by atoms with van der Waals surface area (Å²) in [5.74, 6) is -0.458.